The first-order valence-electron chi connectivity index (χ1n) is 5.07. The zero-order valence-corrected chi connectivity index (χ0v) is 8.69. The van der Waals surface area contributed by atoms with E-state index in [9.17, 15) is 9.59 Å². The highest BCUT2D eigenvalue weighted by atomic mass is 16.2. The lowest BCUT2D eigenvalue weighted by Crippen LogP contribution is -2.47. The van der Waals surface area contributed by atoms with Crippen molar-refractivity contribution in [2.75, 3.05) is 13.6 Å². The van der Waals surface area contributed by atoms with Gasteiger partial charge in [0.2, 0.25) is 5.91 Å². The molecule has 0 N–H and O–H groups in total. The van der Waals surface area contributed by atoms with Gasteiger partial charge in [-0.05, 0) is 25.7 Å². The van der Waals surface area contributed by atoms with Gasteiger partial charge in [0, 0.05) is 19.0 Å². The molecular weight excluding hydrogens is 180 g/mol. The van der Waals surface area contributed by atoms with Crippen LogP contribution >= 0.6 is 0 Å². The highest BCUT2D eigenvalue weighted by Gasteiger charge is 2.52. The van der Waals surface area contributed by atoms with E-state index >= 15 is 0 Å². The Hall–Kier alpha value is -0.900. The van der Waals surface area contributed by atoms with Crippen LogP contribution in [0, 0.1) is 5.92 Å². The van der Waals surface area contributed by atoms with Gasteiger partial charge < -0.3 is 4.79 Å². The maximum Gasteiger partial charge on any atom is 0.239 e. The minimum Gasteiger partial charge on any atom is -0.301 e. The highest BCUT2D eigenvalue weighted by Crippen LogP contribution is 2.47. The summed E-state index contributed by atoms with van der Waals surface area (Å²) in [5.41, 5.74) is -0.0416. The van der Waals surface area contributed by atoms with Gasteiger partial charge in [0.05, 0.1) is 6.54 Å². The molecule has 0 aromatic carbocycles. The summed E-state index contributed by atoms with van der Waals surface area (Å²) in [6.07, 6.45) is 3.77. The van der Waals surface area contributed by atoms with Gasteiger partial charge in [-0.2, -0.15) is 0 Å². The Labute approximate surface area is 83.8 Å². The van der Waals surface area contributed by atoms with Gasteiger partial charge in [0.25, 0.3) is 0 Å². The van der Waals surface area contributed by atoms with Crippen molar-refractivity contribution in [3.63, 3.8) is 0 Å². The van der Waals surface area contributed by atoms with Crippen molar-refractivity contribution in [2.24, 2.45) is 5.92 Å². The molecule has 1 heterocycles. The molecule has 0 radical (unpaired) electrons. The van der Waals surface area contributed by atoms with Crippen molar-refractivity contribution < 1.29 is 9.59 Å². The number of aldehydes is 1. The maximum atomic E-state index is 11.6. The largest absolute Gasteiger partial charge is 0.301 e. The molecule has 4 nitrogen and oxygen atoms in total. The van der Waals surface area contributed by atoms with E-state index < -0.39 is 0 Å². The van der Waals surface area contributed by atoms with Crippen LogP contribution in [0.25, 0.3) is 0 Å². The van der Waals surface area contributed by atoms with Crippen LogP contribution in [0.4, 0.5) is 0 Å². The van der Waals surface area contributed by atoms with E-state index in [1.165, 1.54) is 12.8 Å². The fourth-order valence-corrected chi connectivity index (χ4v) is 2.36. The molecular formula is C10H16N2O2. The summed E-state index contributed by atoms with van der Waals surface area (Å²) in [6, 6.07) is 0. The molecule has 1 saturated carbocycles. The Kier molecular flexibility index (Phi) is 2.10. The number of nitrogens with zero attached hydrogens (tertiary/aromatic N) is 2. The third-order valence-electron chi connectivity index (χ3n) is 3.60. The zero-order chi connectivity index (χ0) is 10.3. The molecule has 1 saturated heterocycles. The topological polar surface area (TPSA) is 40.6 Å². The van der Waals surface area contributed by atoms with Crippen molar-refractivity contribution in [3.8, 4) is 0 Å². The van der Waals surface area contributed by atoms with E-state index in [4.69, 9.17) is 0 Å². The summed E-state index contributed by atoms with van der Waals surface area (Å²) < 4.78 is 0. The average molecular weight is 196 g/mol. The van der Waals surface area contributed by atoms with Gasteiger partial charge in [-0.25, -0.2) is 5.01 Å². The van der Waals surface area contributed by atoms with Crippen molar-refractivity contribution in [3.05, 3.63) is 0 Å². The van der Waals surface area contributed by atoms with Gasteiger partial charge >= 0.3 is 0 Å². The summed E-state index contributed by atoms with van der Waals surface area (Å²) in [4.78, 5) is 22.1. The van der Waals surface area contributed by atoms with Crippen LogP contribution < -0.4 is 0 Å². The lowest BCUT2D eigenvalue weighted by atomic mass is 9.93. The first kappa shape index (κ1) is 9.65. The van der Waals surface area contributed by atoms with E-state index in [0.29, 0.717) is 12.3 Å². The van der Waals surface area contributed by atoms with E-state index in [0.717, 1.165) is 6.29 Å². The predicted molar refractivity (Wildman–Crippen MR) is 51.3 cm³/mol. The van der Waals surface area contributed by atoms with Crippen molar-refractivity contribution in [1.29, 1.82) is 0 Å². The van der Waals surface area contributed by atoms with Gasteiger partial charge in [-0.1, -0.05) is 0 Å². The molecule has 2 fully saturated rings. The Morgan fingerprint density at radius 2 is 2.21 bits per heavy atom. The minimum absolute atomic E-state index is 0.0416. The van der Waals surface area contributed by atoms with E-state index in [-0.39, 0.29) is 18.0 Å². The fraction of sp³-hybridized carbons (Fsp3) is 0.800. The molecule has 78 valence electrons. The average Bonchev–Trinajstić information content (AvgIpc) is 2.92. The van der Waals surface area contributed by atoms with E-state index in [2.05, 4.69) is 6.92 Å². The normalized spacial score (nSPS) is 33.9. The van der Waals surface area contributed by atoms with Crippen LogP contribution in [0.3, 0.4) is 0 Å². The number of amides is 1. The lowest BCUT2D eigenvalue weighted by Gasteiger charge is -2.35. The fourth-order valence-electron chi connectivity index (χ4n) is 2.36. The first-order valence-corrected chi connectivity index (χ1v) is 5.07. The number of rotatable bonds is 3. The number of carbonyl (C=O) groups is 2. The number of carbonyl (C=O) groups excluding carboxylic acids is 2. The standard InChI is InChI=1S/C10H16N2O2/c1-10(8-3-4-8)7-9(14)12(5-6-13)11(10)2/h6,8H,3-5,7H2,1-2H3. The molecule has 2 aliphatic rings. The first-order chi connectivity index (χ1) is 6.59. The second-order valence-electron chi connectivity index (χ2n) is 4.47. The molecule has 1 amide bonds. The van der Waals surface area contributed by atoms with Gasteiger partial charge in [0.15, 0.2) is 0 Å². The second kappa shape index (κ2) is 3.05. The van der Waals surface area contributed by atoms with Crippen LogP contribution in [0.1, 0.15) is 26.2 Å². The Morgan fingerprint density at radius 1 is 1.57 bits per heavy atom. The Balaban J connectivity index is 2.16. The van der Waals surface area contributed by atoms with Crippen molar-refractivity contribution in [2.45, 2.75) is 31.7 Å². The van der Waals surface area contributed by atoms with Crippen LogP contribution in [0.5, 0.6) is 0 Å². The molecule has 0 aromatic rings. The summed E-state index contributed by atoms with van der Waals surface area (Å²) >= 11 is 0. The van der Waals surface area contributed by atoms with Crippen LogP contribution in [0.2, 0.25) is 0 Å². The van der Waals surface area contributed by atoms with Crippen LogP contribution in [-0.2, 0) is 9.59 Å². The number of hydrogen-bond donors (Lipinski definition) is 0. The highest BCUT2D eigenvalue weighted by molar-refractivity contribution is 5.81. The summed E-state index contributed by atoms with van der Waals surface area (Å²) in [5, 5.41) is 3.52. The van der Waals surface area contributed by atoms with E-state index in [1.54, 1.807) is 5.01 Å². The van der Waals surface area contributed by atoms with Crippen LogP contribution in [-0.4, -0.2) is 41.3 Å². The summed E-state index contributed by atoms with van der Waals surface area (Å²) in [6.45, 7) is 2.31. The molecule has 0 spiro atoms. The Bertz CT molecular complexity index is 275. The third-order valence-corrected chi connectivity index (χ3v) is 3.60. The predicted octanol–water partition coefficient (Wildman–Crippen LogP) is 0.433. The molecule has 0 bridgehead atoms. The summed E-state index contributed by atoms with van der Waals surface area (Å²) in [7, 11) is 1.91. The maximum absolute atomic E-state index is 11.6. The van der Waals surface area contributed by atoms with Gasteiger partial charge in [0.1, 0.15) is 6.29 Å². The minimum atomic E-state index is -0.0416. The van der Waals surface area contributed by atoms with Crippen molar-refractivity contribution in [1.82, 2.24) is 10.0 Å². The molecule has 1 aliphatic carbocycles. The van der Waals surface area contributed by atoms with Crippen molar-refractivity contribution >= 4 is 12.2 Å². The second-order valence-corrected chi connectivity index (χ2v) is 4.47. The number of hydrazine groups is 1. The smallest absolute Gasteiger partial charge is 0.239 e. The van der Waals surface area contributed by atoms with Gasteiger partial charge in [-0.15, -0.1) is 0 Å². The third kappa shape index (κ3) is 1.25. The molecule has 0 aromatic heterocycles. The lowest BCUT2D eigenvalue weighted by molar-refractivity contribution is -0.141. The SMILES string of the molecule is CN1N(CC=O)C(=O)CC1(C)C1CC1. The van der Waals surface area contributed by atoms with E-state index in [1.807, 2.05) is 12.1 Å². The molecule has 4 heteroatoms. The molecule has 14 heavy (non-hydrogen) atoms. The number of hydrogen-bond acceptors (Lipinski definition) is 3. The monoisotopic (exact) mass is 196 g/mol. The summed E-state index contributed by atoms with van der Waals surface area (Å²) in [5.74, 6) is 0.710. The Morgan fingerprint density at radius 3 is 2.71 bits per heavy atom. The van der Waals surface area contributed by atoms with Gasteiger partial charge in [-0.3, -0.25) is 9.80 Å². The zero-order valence-electron chi connectivity index (χ0n) is 8.69. The molecule has 2 rings (SSSR count). The molecule has 1 unspecified atom stereocenters. The molecule has 1 atom stereocenters. The van der Waals surface area contributed by atoms with Crippen LogP contribution in [0.15, 0.2) is 0 Å². The molecule has 1 aliphatic heterocycles. The quantitative estimate of drug-likeness (QED) is 0.615.